The van der Waals surface area contributed by atoms with Gasteiger partial charge in [0.25, 0.3) is 11.8 Å². The maximum atomic E-state index is 12.3. The molecule has 0 saturated heterocycles. The number of imide groups is 1. The molecule has 1 heterocycles. The van der Waals surface area contributed by atoms with E-state index in [9.17, 15) is 19.2 Å². The van der Waals surface area contributed by atoms with Crippen molar-refractivity contribution in [2.75, 3.05) is 19.0 Å². The predicted molar refractivity (Wildman–Crippen MR) is 93.2 cm³/mol. The summed E-state index contributed by atoms with van der Waals surface area (Å²) in [5.41, 5.74) is 0.899. The molecule has 3 amide bonds. The highest BCUT2D eigenvalue weighted by Gasteiger charge is 2.36. The van der Waals surface area contributed by atoms with E-state index in [2.05, 4.69) is 10.1 Å². The molecule has 2 aromatic rings. The van der Waals surface area contributed by atoms with Crippen LogP contribution in [-0.2, 0) is 9.53 Å². The van der Waals surface area contributed by atoms with Crippen molar-refractivity contribution < 1.29 is 23.9 Å². The normalized spacial score (nSPS) is 12.8. The van der Waals surface area contributed by atoms with Crippen molar-refractivity contribution in [1.29, 1.82) is 0 Å². The van der Waals surface area contributed by atoms with Gasteiger partial charge in [0.2, 0.25) is 5.91 Å². The Hall–Kier alpha value is -3.19. The molecule has 0 aliphatic carbocycles. The molecule has 0 atom stereocenters. The number of nitrogens with zero attached hydrogens (tertiary/aromatic N) is 1. The Balaban J connectivity index is 1.75. The summed E-state index contributed by atoms with van der Waals surface area (Å²) in [6.45, 7) is -0.467. The lowest BCUT2D eigenvalue weighted by Gasteiger charge is -2.14. The lowest BCUT2D eigenvalue weighted by Crippen LogP contribution is -2.37. The number of fused-ring (bicyclic) bond motifs is 1. The lowest BCUT2D eigenvalue weighted by atomic mass is 10.1. The fraction of sp³-hybridized carbons (Fsp3) is 0.111. The van der Waals surface area contributed by atoms with Crippen LogP contribution in [0, 0.1) is 0 Å². The van der Waals surface area contributed by atoms with Gasteiger partial charge in [0, 0.05) is 0 Å². The molecule has 8 heteroatoms. The number of carbonyl (C=O) groups is 4. The van der Waals surface area contributed by atoms with Gasteiger partial charge in [-0.2, -0.15) is 0 Å². The topological polar surface area (TPSA) is 92.8 Å². The minimum absolute atomic E-state index is 0.177. The van der Waals surface area contributed by atoms with Gasteiger partial charge in [0.1, 0.15) is 6.54 Å². The Morgan fingerprint density at radius 3 is 2.27 bits per heavy atom. The molecule has 2 aromatic carbocycles. The van der Waals surface area contributed by atoms with Crippen LogP contribution in [0.2, 0.25) is 5.02 Å². The highest BCUT2D eigenvalue weighted by Crippen LogP contribution is 2.25. The maximum absolute atomic E-state index is 12.3. The Morgan fingerprint density at radius 2 is 1.69 bits per heavy atom. The van der Waals surface area contributed by atoms with Gasteiger partial charge < -0.3 is 10.1 Å². The summed E-state index contributed by atoms with van der Waals surface area (Å²) in [7, 11) is 1.23. The van der Waals surface area contributed by atoms with Crippen LogP contribution in [0.5, 0.6) is 0 Å². The standard InChI is InChI=1S/C18H13ClN2O5/c1-26-18(25)10-6-7-13(19)14(8-10)20-15(22)9-21-16(23)11-4-2-3-5-12(11)17(21)24/h2-8H,9H2,1H3,(H,20,22). The molecule has 0 fully saturated rings. The van der Waals surface area contributed by atoms with Gasteiger partial charge in [-0.25, -0.2) is 4.79 Å². The number of nitrogens with one attached hydrogen (secondary N) is 1. The summed E-state index contributed by atoms with van der Waals surface area (Å²) in [6.07, 6.45) is 0. The first-order valence-electron chi connectivity index (χ1n) is 7.55. The number of hydrogen-bond donors (Lipinski definition) is 1. The minimum Gasteiger partial charge on any atom is -0.465 e. The smallest absolute Gasteiger partial charge is 0.337 e. The van der Waals surface area contributed by atoms with Crippen LogP contribution >= 0.6 is 11.6 Å². The number of hydrogen-bond acceptors (Lipinski definition) is 5. The molecule has 0 saturated carbocycles. The van der Waals surface area contributed by atoms with E-state index in [-0.39, 0.29) is 27.4 Å². The Bertz CT molecular complexity index is 906. The predicted octanol–water partition coefficient (Wildman–Crippen LogP) is 2.36. The van der Waals surface area contributed by atoms with Crippen molar-refractivity contribution >= 4 is 41.0 Å². The van der Waals surface area contributed by atoms with Crippen LogP contribution in [0.4, 0.5) is 5.69 Å². The Morgan fingerprint density at radius 1 is 1.08 bits per heavy atom. The van der Waals surface area contributed by atoms with E-state index >= 15 is 0 Å². The molecule has 0 spiro atoms. The zero-order valence-corrected chi connectivity index (χ0v) is 14.4. The molecule has 1 N–H and O–H groups in total. The molecule has 26 heavy (non-hydrogen) atoms. The average Bonchev–Trinajstić information content (AvgIpc) is 2.88. The number of methoxy groups -OCH3 is 1. The second kappa shape index (κ2) is 6.97. The molecule has 0 unspecified atom stereocenters. The molecular weight excluding hydrogens is 360 g/mol. The molecular formula is C18H13ClN2O5. The van der Waals surface area contributed by atoms with Crippen LogP contribution in [0.1, 0.15) is 31.1 Å². The highest BCUT2D eigenvalue weighted by atomic mass is 35.5. The minimum atomic E-state index is -0.622. The molecule has 3 rings (SSSR count). The SMILES string of the molecule is COC(=O)c1ccc(Cl)c(NC(=O)CN2C(=O)c3ccccc3C2=O)c1. The van der Waals surface area contributed by atoms with Gasteiger partial charge in [0.15, 0.2) is 0 Å². The van der Waals surface area contributed by atoms with Gasteiger partial charge >= 0.3 is 5.97 Å². The first-order chi connectivity index (χ1) is 12.4. The van der Waals surface area contributed by atoms with E-state index in [1.807, 2.05) is 0 Å². The molecule has 0 radical (unpaired) electrons. The summed E-state index contributed by atoms with van der Waals surface area (Å²) >= 11 is 6.02. The Kier molecular flexibility index (Phi) is 4.73. The van der Waals surface area contributed by atoms with Gasteiger partial charge in [-0.1, -0.05) is 23.7 Å². The van der Waals surface area contributed by atoms with E-state index in [0.717, 1.165) is 4.90 Å². The third kappa shape index (κ3) is 3.16. The zero-order chi connectivity index (χ0) is 18.8. The van der Waals surface area contributed by atoms with E-state index < -0.39 is 30.2 Å². The van der Waals surface area contributed by atoms with Crippen molar-refractivity contribution in [2.45, 2.75) is 0 Å². The van der Waals surface area contributed by atoms with Gasteiger partial charge in [-0.05, 0) is 30.3 Å². The summed E-state index contributed by atoms with van der Waals surface area (Å²) in [5, 5.41) is 2.70. The van der Waals surface area contributed by atoms with E-state index in [1.165, 1.54) is 37.4 Å². The third-order valence-corrected chi connectivity index (χ3v) is 4.17. The van der Waals surface area contributed by atoms with Gasteiger partial charge in [-0.15, -0.1) is 0 Å². The van der Waals surface area contributed by atoms with Crippen molar-refractivity contribution in [3.05, 3.63) is 64.2 Å². The largest absolute Gasteiger partial charge is 0.465 e. The number of anilines is 1. The summed E-state index contributed by atoms with van der Waals surface area (Å²) in [4.78, 5) is 49.3. The average molecular weight is 373 g/mol. The molecule has 0 aromatic heterocycles. The monoisotopic (exact) mass is 372 g/mol. The summed E-state index contributed by atoms with van der Waals surface area (Å²) in [6, 6.07) is 10.6. The van der Waals surface area contributed by atoms with Crippen LogP contribution in [0.15, 0.2) is 42.5 Å². The van der Waals surface area contributed by atoms with Crippen LogP contribution in [0.25, 0.3) is 0 Å². The second-order valence-corrected chi connectivity index (χ2v) is 5.88. The number of esters is 1. The second-order valence-electron chi connectivity index (χ2n) is 5.48. The van der Waals surface area contributed by atoms with Crippen LogP contribution < -0.4 is 5.32 Å². The van der Waals surface area contributed by atoms with E-state index in [1.54, 1.807) is 12.1 Å². The lowest BCUT2D eigenvalue weighted by molar-refractivity contribution is -0.116. The fourth-order valence-electron chi connectivity index (χ4n) is 2.58. The molecule has 0 bridgehead atoms. The maximum Gasteiger partial charge on any atom is 0.337 e. The highest BCUT2D eigenvalue weighted by molar-refractivity contribution is 6.34. The van der Waals surface area contributed by atoms with Crippen molar-refractivity contribution in [1.82, 2.24) is 4.90 Å². The first kappa shape index (κ1) is 17.6. The first-order valence-corrected chi connectivity index (χ1v) is 7.93. The zero-order valence-electron chi connectivity index (χ0n) is 13.6. The number of amides is 3. The number of benzene rings is 2. The van der Waals surface area contributed by atoms with Crippen LogP contribution in [-0.4, -0.2) is 42.2 Å². The third-order valence-electron chi connectivity index (χ3n) is 3.84. The van der Waals surface area contributed by atoms with Crippen molar-refractivity contribution in [2.24, 2.45) is 0 Å². The van der Waals surface area contributed by atoms with E-state index in [0.29, 0.717) is 0 Å². The van der Waals surface area contributed by atoms with Gasteiger partial charge in [0.05, 0.1) is 34.5 Å². The number of carbonyl (C=O) groups excluding carboxylic acids is 4. The summed E-state index contributed by atoms with van der Waals surface area (Å²) in [5.74, 6) is -2.27. The molecule has 1 aliphatic heterocycles. The van der Waals surface area contributed by atoms with Crippen molar-refractivity contribution in [3.8, 4) is 0 Å². The van der Waals surface area contributed by atoms with Crippen molar-refractivity contribution in [3.63, 3.8) is 0 Å². The Labute approximate surface area is 153 Å². The summed E-state index contributed by atoms with van der Waals surface area (Å²) < 4.78 is 4.62. The van der Waals surface area contributed by atoms with Gasteiger partial charge in [-0.3, -0.25) is 19.3 Å². The number of rotatable bonds is 4. The van der Waals surface area contributed by atoms with Crippen LogP contribution in [0.3, 0.4) is 0 Å². The molecule has 7 nitrogen and oxygen atoms in total. The number of halogens is 1. The number of ether oxygens (including phenoxy) is 1. The molecule has 1 aliphatic rings. The quantitative estimate of drug-likeness (QED) is 0.657. The fourth-order valence-corrected chi connectivity index (χ4v) is 2.75. The molecule has 132 valence electrons. The van der Waals surface area contributed by atoms with E-state index in [4.69, 9.17) is 11.6 Å².